The maximum Gasteiger partial charge on any atom is 0.304 e. The molecule has 0 aliphatic carbocycles. The SMILES string of the molecule is O=C(O)CCNCCCOc1ccc(Cc2ccccc2)cc1. The van der Waals surface area contributed by atoms with E-state index in [9.17, 15) is 4.79 Å². The molecule has 2 aromatic rings. The molecule has 4 nitrogen and oxygen atoms in total. The Morgan fingerprint density at radius 1 is 0.957 bits per heavy atom. The van der Waals surface area contributed by atoms with E-state index in [1.54, 1.807) is 0 Å². The van der Waals surface area contributed by atoms with E-state index in [0.717, 1.165) is 25.1 Å². The number of nitrogens with one attached hydrogen (secondary N) is 1. The number of carboxylic acid groups (broad SMARTS) is 1. The Morgan fingerprint density at radius 2 is 1.65 bits per heavy atom. The van der Waals surface area contributed by atoms with E-state index in [-0.39, 0.29) is 6.42 Å². The van der Waals surface area contributed by atoms with Crippen molar-refractivity contribution in [3.63, 3.8) is 0 Å². The lowest BCUT2D eigenvalue weighted by atomic mass is 10.1. The highest BCUT2D eigenvalue weighted by atomic mass is 16.5. The Labute approximate surface area is 137 Å². The van der Waals surface area contributed by atoms with Crippen LogP contribution in [0.4, 0.5) is 0 Å². The zero-order chi connectivity index (χ0) is 16.3. The van der Waals surface area contributed by atoms with Crippen LogP contribution in [-0.2, 0) is 11.2 Å². The van der Waals surface area contributed by atoms with E-state index >= 15 is 0 Å². The minimum Gasteiger partial charge on any atom is -0.494 e. The van der Waals surface area contributed by atoms with E-state index in [1.807, 2.05) is 18.2 Å². The van der Waals surface area contributed by atoms with Gasteiger partial charge in [0.25, 0.3) is 0 Å². The van der Waals surface area contributed by atoms with Crippen molar-refractivity contribution in [3.05, 3.63) is 65.7 Å². The van der Waals surface area contributed by atoms with E-state index in [2.05, 4.69) is 41.7 Å². The highest BCUT2D eigenvalue weighted by Gasteiger charge is 1.99. The molecule has 0 aromatic heterocycles. The minimum absolute atomic E-state index is 0.156. The molecule has 0 aliphatic heterocycles. The van der Waals surface area contributed by atoms with E-state index < -0.39 is 5.97 Å². The molecule has 0 amide bonds. The molecule has 0 heterocycles. The summed E-state index contributed by atoms with van der Waals surface area (Å²) in [7, 11) is 0. The molecule has 0 radical (unpaired) electrons. The van der Waals surface area contributed by atoms with Crippen molar-refractivity contribution < 1.29 is 14.6 Å². The second-order valence-electron chi connectivity index (χ2n) is 5.40. The molecule has 0 spiro atoms. The monoisotopic (exact) mass is 313 g/mol. The first-order chi connectivity index (χ1) is 11.2. The van der Waals surface area contributed by atoms with Gasteiger partial charge in [0.15, 0.2) is 0 Å². The van der Waals surface area contributed by atoms with Crippen LogP contribution in [0, 0.1) is 0 Å². The normalized spacial score (nSPS) is 10.4. The molecule has 0 fully saturated rings. The van der Waals surface area contributed by atoms with Gasteiger partial charge in [-0.15, -0.1) is 0 Å². The number of aliphatic carboxylic acids is 1. The van der Waals surface area contributed by atoms with Crippen LogP contribution in [0.2, 0.25) is 0 Å². The highest BCUT2D eigenvalue weighted by Crippen LogP contribution is 2.15. The lowest BCUT2D eigenvalue weighted by Crippen LogP contribution is -2.20. The molecule has 122 valence electrons. The molecular formula is C19H23NO3. The molecule has 2 aromatic carbocycles. The molecule has 0 unspecified atom stereocenters. The maximum atomic E-state index is 10.4. The predicted molar refractivity (Wildman–Crippen MR) is 90.9 cm³/mol. The van der Waals surface area contributed by atoms with Crippen molar-refractivity contribution in [2.75, 3.05) is 19.7 Å². The van der Waals surface area contributed by atoms with Crippen LogP contribution in [0.15, 0.2) is 54.6 Å². The summed E-state index contributed by atoms with van der Waals surface area (Å²) in [6, 6.07) is 18.6. The smallest absolute Gasteiger partial charge is 0.304 e. The second kappa shape index (κ2) is 9.64. The fourth-order valence-electron chi connectivity index (χ4n) is 2.24. The summed E-state index contributed by atoms with van der Waals surface area (Å²) in [6.45, 7) is 1.89. The predicted octanol–water partition coefficient (Wildman–Crippen LogP) is 3.11. The number of ether oxygens (including phenoxy) is 1. The van der Waals surface area contributed by atoms with Gasteiger partial charge in [0.05, 0.1) is 13.0 Å². The Bertz CT molecular complexity index is 581. The lowest BCUT2D eigenvalue weighted by molar-refractivity contribution is -0.136. The van der Waals surface area contributed by atoms with Crippen LogP contribution in [0.5, 0.6) is 5.75 Å². The summed E-state index contributed by atoms with van der Waals surface area (Å²) in [5.74, 6) is 0.0942. The number of carboxylic acids is 1. The third kappa shape index (κ3) is 6.98. The quantitative estimate of drug-likeness (QED) is 0.662. The molecule has 0 atom stereocenters. The fraction of sp³-hybridized carbons (Fsp3) is 0.316. The second-order valence-corrected chi connectivity index (χ2v) is 5.40. The van der Waals surface area contributed by atoms with Crippen LogP contribution in [0.1, 0.15) is 24.0 Å². The van der Waals surface area contributed by atoms with Gasteiger partial charge in [0.2, 0.25) is 0 Å². The molecule has 4 heteroatoms. The van der Waals surface area contributed by atoms with Gasteiger partial charge in [-0.2, -0.15) is 0 Å². The molecule has 2 N–H and O–H groups in total. The number of hydrogen-bond acceptors (Lipinski definition) is 3. The van der Waals surface area contributed by atoms with Gasteiger partial charge < -0.3 is 15.2 Å². The van der Waals surface area contributed by atoms with Crippen molar-refractivity contribution in [2.24, 2.45) is 0 Å². The number of rotatable bonds is 10. The van der Waals surface area contributed by atoms with Gasteiger partial charge in [-0.25, -0.2) is 0 Å². The van der Waals surface area contributed by atoms with Gasteiger partial charge in [0, 0.05) is 6.54 Å². The van der Waals surface area contributed by atoms with E-state index in [1.165, 1.54) is 11.1 Å². The van der Waals surface area contributed by atoms with Crippen LogP contribution < -0.4 is 10.1 Å². The third-order valence-electron chi connectivity index (χ3n) is 3.46. The number of hydrogen-bond donors (Lipinski definition) is 2. The Balaban J connectivity index is 1.64. The average molecular weight is 313 g/mol. The molecule has 0 bridgehead atoms. The summed E-state index contributed by atoms with van der Waals surface area (Å²) in [5, 5.41) is 11.6. The maximum absolute atomic E-state index is 10.4. The summed E-state index contributed by atoms with van der Waals surface area (Å²) < 4.78 is 5.68. The first-order valence-corrected chi connectivity index (χ1v) is 7.92. The van der Waals surface area contributed by atoms with Crippen molar-refractivity contribution >= 4 is 5.97 Å². The lowest BCUT2D eigenvalue weighted by Gasteiger charge is -2.08. The summed E-state index contributed by atoms with van der Waals surface area (Å²) in [4.78, 5) is 10.4. The molecule has 0 saturated carbocycles. The Morgan fingerprint density at radius 3 is 2.35 bits per heavy atom. The first-order valence-electron chi connectivity index (χ1n) is 7.92. The van der Waals surface area contributed by atoms with Crippen LogP contribution >= 0.6 is 0 Å². The number of benzene rings is 2. The van der Waals surface area contributed by atoms with Gasteiger partial charge in [-0.05, 0) is 42.6 Å². The Kier molecular flexibility index (Phi) is 7.14. The molecule has 23 heavy (non-hydrogen) atoms. The van der Waals surface area contributed by atoms with E-state index in [0.29, 0.717) is 13.2 Å². The van der Waals surface area contributed by atoms with E-state index in [4.69, 9.17) is 9.84 Å². The van der Waals surface area contributed by atoms with Crippen LogP contribution in [-0.4, -0.2) is 30.8 Å². The summed E-state index contributed by atoms with van der Waals surface area (Å²) in [5.41, 5.74) is 2.56. The standard InChI is InChI=1S/C19H23NO3/c21-19(22)11-13-20-12-4-14-23-18-9-7-17(8-10-18)15-16-5-2-1-3-6-16/h1-3,5-10,20H,4,11-15H2,(H,21,22). The van der Waals surface area contributed by atoms with Crippen molar-refractivity contribution in [1.29, 1.82) is 0 Å². The Hall–Kier alpha value is -2.33. The zero-order valence-corrected chi connectivity index (χ0v) is 13.2. The summed E-state index contributed by atoms with van der Waals surface area (Å²) in [6.07, 6.45) is 1.93. The van der Waals surface area contributed by atoms with Gasteiger partial charge >= 0.3 is 5.97 Å². The average Bonchev–Trinajstić information content (AvgIpc) is 2.56. The molecule has 2 rings (SSSR count). The van der Waals surface area contributed by atoms with Gasteiger partial charge in [0.1, 0.15) is 5.75 Å². The zero-order valence-electron chi connectivity index (χ0n) is 13.2. The first kappa shape index (κ1) is 17.0. The van der Waals surface area contributed by atoms with Crippen LogP contribution in [0.25, 0.3) is 0 Å². The van der Waals surface area contributed by atoms with Gasteiger partial charge in [-0.3, -0.25) is 4.79 Å². The minimum atomic E-state index is -0.774. The van der Waals surface area contributed by atoms with Crippen molar-refractivity contribution in [2.45, 2.75) is 19.3 Å². The third-order valence-corrected chi connectivity index (χ3v) is 3.46. The molecule has 0 aliphatic rings. The largest absolute Gasteiger partial charge is 0.494 e. The summed E-state index contributed by atoms with van der Waals surface area (Å²) >= 11 is 0. The topological polar surface area (TPSA) is 58.6 Å². The fourth-order valence-corrected chi connectivity index (χ4v) is 2.24. The van der Waals surface area contributed by atoms with Gasteiger partial charge in [-0.1, -0.05) is 42.5 Å². The highest BCUT2D eigenvalue weighted by molar-refractivity contribution is 5.66. The van der Waals surface area contributed by atoms with Crippen molar-refractivity contribution in [3.8, 4) is 5.75 Å². The number of carbonyl (C=O) groups is 1. The molecule has 0 saturated heterocycles. The molecular weight excluding hydrogens is 290 g/mol. The van der Waals surface area contributed by atoms with Crippen molar-refractivity contribution in [1.82, 2.24) is 5.32 Å². The van der Waals surface area contributed by atoms with Crippen LogP contribution in [0.3, 0.4) is 0 Å².